The molecular formula is C15H22N2O4. The molecule has 0 spiro atoms. The molecule has 116 valence electrons. The van der Waals surface area contributed by atoms with Crippen LogP contribution in [0.5, 0.6) is 0 Å². The quantitative estimate of drug-likeness (QED) is 0.713. The second-order valence-corrected chi connectivity index (χ2v) is 4.87. The average molecular weight is 294 g/mol. The second kappa shape index (κ2) is 9.10. The van der Waals surface area contributed by atoms with Crippen LogP contribution < -0.4 is 11.1 Å². The highest BCUT2D eigenvalue weighted by Crippen LogP contribution is 2.08. The van der Waals surface area contributed by atoms with Gasteiger partial charge in [-0.15, -0.1) is 0 Å². The number of esters is 1. The van der Waals surface area contributed by atoms with Crippen LogP contribution in [0.25, 0.3) is 0 Å². The number of carboxylic acid groups (broad SMARTS) is 1. The van der Waals surface area contributed by atoms with Gasteiger partial charge in [0.15, 0.2) is 0 Å². The molecule has 1 aliphatic rings. The summed E-state index contributed by atoms with van der Waals surface area (Å²) < 4.78 is 5.21. The van der Waals surface area contributed by atoms with Gasteiger partial charge in [-0.25, -0.2) is 0 Å². The van der Waals surface area contributed by atoms with Crippen molar-refractivity contribution in [3.8, 4) is 0 Å². The van der Waals surface area contributed by atoms with Crippen molar-refractivity contribution in [3.63, 3.8) is 0 Å². The maximum absolute atomic E-state index is 11.5. The Morgan fingerprint density at radius 3 is 2.52 bits per heavy atom. The number of carbonyl (C=O) groups excluding carboxylic acids is 1. The van der Waals surface area contributed by atoms with E-state index < -0.39 is 12.0 Å². The Morgan fingerprint density at radius 1 is 1.43 bits per heavy atom. The lowest BCUT2D eigenvalue weighted by molar-refractivity contribution is -0.147. The van der Waals surface area contributed by atoms with E-state index in [0.29, 0.717) is 6.61 Å². The minimum absolute atomic E-state index is 0.0892. The molecule has 0 aliphatic carbocycles. The minimum Gasteiger partial charge on any atom is -0.480 e. The van der Waals surface area contributed by atoms with Gasteiger partial charge in [0.25, 0.3) is 0 Å². The van der Waals surface area contributed by atoms with Crippen molar-refractivity contribution in [2.75, 3.05) is 6.54 Å². The van der Waals surface area contributed by atoms with Crippen molar-refractivity contribution in [2.24, 2.45) is 5.73 Å². The fourth-order valence-electron chi connectivity index (χ4n) is 1.72. The number of hydrogen-bond acceptors (Lipinski definition) is 5. The molecule has 0 radical (unpaired) electrons. The van der Waals surface area contributed by atoms with Crippen LogP contribution in [0, 0.1) is 0 Å². The number of benzene rings is 1. The summed E-state index contributed by atoms with van der Waals surface area (Å²) in [5.74, 6) is -1.09. The molecule has 21 heavy (non-hydrogen) atoms. The van der Waals surface area contributed by atoms with E-state index >= 15 is 0 Å². The van der Waals surface area contributed by atoms with E-state index in [1.54, 1.807) is 0 Å². The monoisotopic (exact) mass is 294 g/mol. The first-order valence-electron chi connectivity index (χ1n) is 6.93. The maximum Gasteiger partial charge on any atom is 0.323 e. The summed E-state index contributed by atoms with van der Waals surface area (Å²) in [7, 11) is 0. The molecule has 0 saturated carbocycles. The van der Waals surface area contributed by atoms with Crippen molar-refractivity contribution in [1.82, 2.24) is 5.32 Å². The average Bonchev–Trinajstić information content (AvgIpc) is 3.00. The van der Waals surface area contributed by atoms with Gasteiger partial charge in [0.05, 0.1) is 0 Å². The number of rotatable bonds is 4. The van der Waals surface area contributed by atoms with Gasteiger partial charge in [-0.3, -0.25) is 9.59 Å². The fraction of sp³-hybridized carbons (Fsp3) is 0.467. The molecule has 2 rings (SSSR count). The summed E-state index contributed by atoms with van der Waals surface area (Å²) in [5, 5.41) is 11.0. The first-order chi connectivity index (χ1) is 10.0. The van der Waals surface area contributed by atoms with Crippen LogP contribution in [-0.2, 0) is 20.9 Å². The molecule has 1 fully saturated rings. The number of nitrogens with two attached hydrogens (primary N) is 1. The normalized spacial score (nSPS) is 18.3. The van der Waals surface area contributed by atoms with E-state index in [1.165, 1.54) is 6.92 Å². The van der Waals surface area contributed by atoms with E-state index in [2.05, 4.69) is 5.32 Å². The Kier molecular flexibility index (Phi) is 7.42. The summed E-state index contributed by atoms with van der Waals surface area (Å²) in [4.78, 5) is 21.1. The number of carbonyl (C=O) groups is 2. The Labute approximate surface area is 124 Å². The summed E-state index contributed by atoms with van der Waals surface area (Å²) >= 11 is 0. The van der Waals surface area contributed by atoms with Gasteiger partial charge in [-0.2, -0.15) is 0 Å². The SMILES string of the molecule is C[C@H](N)C(=O)O.O=C(OCc1ccccc1)[C@@H]1CCCN1. The molecule has 1 aliphatic heterocycles. The predicted octanol–water partition coefficient (Wildman–Crippen LogP) is 0.900. The molecule has 1 aromatic carbocycles. The summed E-state index contributed by atoms with van der Waals surface area (Å²) in [6.07, 6.45) is 1.96. The third-order valence-electron chi connectivity index (χ3n) is 2.96. The molecule has 1 heterocycles. The largest absolute Gasteiger partial charge is 0.480 e. The third-order valence-corrected chi connectivity index (χ3v) is 2.96. The van der Waals surface area contributed by atoms with Gasteiger partial charge in [-0.1, -0.05) is 30.3 Å². The van der Waals surface area contributed by atoms with Crippen LogP contribution in [0.2, 0.25) is 0 Å². The lowest BCUT2D eigenvalue weighted by atomic mass is 10.2. The molecule has 0 aromatic heterocycles. The molecule has 0 amide bonds. The summed E-state index contributed by atoms with van der Waals surface area (Å²) in [6, 6.07) is 8.92. The molecule has 1 saturated heterocycles. The highest BCUT2D eigenvalue weighted by atomic mass is 16.5. The van der Waals surface area contributed by atoms with E-state index in [-0.39, 0.29) is 12.0 Å². The summed E-state index contributed by atoms with van der Waals surface area (Å²) in [5.41, 5.74) is 5.87. The molecule has 6 heteroatoms. The zero-order valence-corrected chi connectivity index (χ0v) is 12.1. The van der Waals surface area contributed by atoms with Gasteiger partial charge in [-0.05, 0) is 31.9 Å². The van der Waals surface area contributed by atoms with E-state index in [4.69, 9.17) is 15.6 Å². The van der Waals surface area contributed by atoms with E-state index in [0.717, 1.165) is 24.9 Å². The van der Waals surface area contributed by atoms with Crippen molar-refractivity contribution in [3.05, 3.63) is 35.9 Å². The van der Waals surface area contributed by atoms with Crippen LogP contribution in [0.15, 0.2) is 30.3 Å². The predicted molar refractivity (Wildman–Crippen MR) is 78.5 cm³/mol. The molecule has 2 atom stereocenters. The molecule has 6 nitrogen and oxygen atoms in total. The standard InChI is InChI=1S/C12H15NO2.C3H7NO2/c14-12(11-7-4-8-13-11)15-9-10-5-2-1-3-6-10;1-2(4)3(5)6/h1-3,5-6,11,13H,4,7-9H2;2H,4H2,1H3,(H,5,6)/t11-;2-/m00/s1. The first kappa shape index (κ1) is 17.1. The fourth-order valence-corrected chi connectivity index (χ4v) is 1.72. The van der Waals surface area contributed by atoms with Crippen molar-refractivity contribution >= 4 is 11.9 Å². The molecule has 0 unspecified atom stereocenters. The Bertz CT molecular complexity index is 442. The number of nitrogens with one attached hydrogen (secondary N) is 1. The van der Waals surface area contributed by atoms with Gasteiger partial charge in [0, 0.05) is 0 Å². The second-order valence-electron chi connectivity index (χ2n) is 4.87. The van der Waals surface area contributed by atoms with Crippen LogP contribution >= 0.6 is 0 Å². The molecule has 1 aromatic rings. The van der Waals surface area contributed by atoms with Crippen LogP contribution in [-0.4, -0.2) is 35.7 Å². The summed E-state index contributed by atoms with van der Waals surface area (Å²) in [6.45, 7) is 2.71. The van der Waals surface area contributed by atoms with Gasteiger partial charge in [0.2, 0.25) is 0 Å². The molecule has 0 bridgehead atoms. The number of ether oxygens (including phenoxy) is 1. The third kappa shape index (κ3) is 6.87. The molecule has 4 N–H and O–H groups in total. The topological polar surface area (TPSA) is 102 Å². The lowest BCUT2D eigenvalue weighted by Gasteiger charge is -2.09. The highest BCUT2D eigenvalue weighted by molar-refractivity contribution is 5.76. The van der Waals surface area contributed by atoms with Crippen LogP contribution in [0.3, 0.4) is 0 Å². The van der Waals surface area contributed by atoms with Crippen LogP contribution in [0.1, 0.15) is 25.3 Å². The van der Waals surface area contributed by atoms with Crippen molar-refractivity contribution in [2.45, 2.75) is 38.5 Å². The number of aliphatic carboxylic acids is 1. The zero-order valence-electron chi connectivity index (χ0n) is 12.1. The highest BCUT2D eigenvalue weighted by Gasteiger charge is 2.23. The lowest BCUT2D eigenvalue weighted by Crippen LogP contribution is -2.32. The number of hydrogen-bond donors (Lipinski definition) is 3. The zero-order chi connectivity index (χ0) is 15.7. The van der Waals surface area contributed by atoms with Crippen LogP contribution in [0.4, 0.5) is 0 Å². The molecular weight excluding hydrogens is 272 g/mol. The van der Waals surface area contributed by atoms with Gasteiger partial charge >= 0.3 is 11.9 Å². The Balaban J connectivity index is 0.000000315. The van der Waals surface area contributed by atoms with E-state index in [9.17, 15) is 9.59 Å². The van der Waals surface area contributed by atoms with Gasteiger partial charge < -0.3 is 20.9 Å². The minimum atomic E-state index is -0.963. The smallest absolute Gasteiger partial charge is 0.323 e. The van der Waals surface area contributed by atoms with Crippen molar-refractivity contribution in [1.29, 1.82) is 0 Å². The first-order valence-corrected chi connectivity index (χ1v) is 6.93. The number of carboxylic acids is 1. The van der Waals surface area contributed by atoms with Gasteiger partial charge in [0.1, 0.15) is 18.7 Å². The van der Waals surface area contributed by atoms with Crippen molar-refractivity contribution < 1.29 is 19.4 Å². The Morgan fingerprint density at radius 2 is 2.05 bits per heavy atom. The van der Waals surface area contributed by atoms with E-state index in [1.807, 2.05) is 30.3 Å². The maximum atomic E-state index is 11.5. The Hall–Kier alpha value is -1.92.